The third-order valence-electron chi connectivity index (χ3n) is 5.04. The Bertz CT molecular complexity index is 915. The van der Waals surface area contributed by atoms with Gasteiger partial charge in [-0.1, -0.05) is 28.1 Å². The zero-order valence-electron chi connectivity index (χ0n) is 17.5. The monoisotopic (exact) mass is 506 g/mol. The van der Waals surface area contributed by atoms with E-state index in [2.05, 4.69) is 26.2 Å². The van der Waals surface area contributed by atoms with Gasteiger partial charge >= 0.3 is 0 Å². The molecule has 8 nitrogen and oxygen atoms in total. The first-order chi connectivity index (χ1) is 15.5. The minimum absolute atomic E-state index is 0.0303. The number of carbonyl (C=O) groups excluding carboxylic acids is 1. The van der Waals surface area contributed by atoms with Crippen molar-refractivity contribution in [2.75, 3.05) is 33.0 Å². The van der Waals surface area contributed by atoms with Gasteiger partial charge in [0, 0.05) is 29.5 Å². The van der Waals surface area contributed by atoms with Gasteiger partial charge < -0.3 is 30.1 Å². The van der Waals surface area contributed by atoms with E-state index in [1.54, 1.807) is 24.3 Å². The van der Waals surface area contributed by atoms with Gasteiger partial charge in [-0.25, -0.2) is 4.99 Å². The first kappa shape index (κ1) is 24.2. The molecule has 32 heavy (non-hydrogen) atoms. The van der Waals surface area contributed by atoms with Crippen molar-refractivity contribution in [2.45, 2.75) is 24.4 Å². The summed E-state index contributed by atoms with van der Waals surface area (Å²) in [5.41, 5.74) is 0.363. The second kappa shape index (κ2) is 11.4. The molecule has 2 aromatic carbocycles. The van der Waals surface area contributed by atoms with Gasteiger partial charge in [0.05, 0.1) is 25.9 Å². The lowest BCUT2D eigenvalue weighted by Gasteiger charge is -2.25. The van der Waals surface area contributed by atoms with Crippen molar-refractivity contribution >= 4 is 27.7 Å². The van der Waals surface area contributed by atoms with Gasteiger partial charge in [0.2, 0.25) is 5.90 Å². The SMILES string of the molecule is O=C(NC(CO)CO)[C@@]1(Cc2ccc(Br)cc2)COC(c2ccc(OCCCO)cc2)=N1. The molecule has 3 rings (SSSR count). The van der Waals surface area contributed by atoms with Gasteiger partial charge in [-0.15, -0.1) is 0 Å². The number of rotatable bonds is 11. The average Bonchev–Trinajstić information content (AvgIpc) is 3.25. The van der Waals surface area contributed by atoms with Gasteiger partial charge in [0.15, 0.2) is 5.54 Å². The normalized spacial score (nSPS) is 17.7. The van der Waals surface area contributed by atoms with Crippen LogP contribution in [-0.2, 0) is 16.0 Å². The van der Waals surface area contributed by atoms with Crippen LogP contribution in [0.5, 0.6) is 5.75 Å². The van der Waals surface area contributed by atoms with Crippen molar-refractivity contribution in [3.8, 4) is 5.75 Å². The molecule has 2 aromatic rings. The maximum atomic E-state index is 13.2. The average molecular weight is 507 g/mol. The van der Waals surface area contributed by atoms with E-state index in [4.69, 9.17) is 14.6 Å². The minimum atomic E-state index is -1.23. The topological polar surface area (TPSA) is 121 Å². The molecule has 0 bridgehead atoms. The summed E-state index contributed by atoms with van der Waals surface area (Å²) in [6.07, 6.45) is 0.843. The fourth-order valence-corrected chi connectivity index (χ4v) is 3.50. The number of aliphatic imine (C=N–C) groups is 1. The Labute approximate surface area is 195 Å². The number of hydrogen-bond acceptors (Lipinski definition) is 7. The number of nitrogens with zero attached hydrogens (tertiary/aromatic N) is 1. The number of hydrogen-bond donors (Lipinski definition) is 4. The van der Waals surface area contributed by atoms with E-state index in [1.165, 1.54) is 0 Å². The Kier molecular flexibility index (Phi) is 8.63. The molecule has 1 atom stereocenters. The molecule has 0 aliphatic carbocycles. The smallest absolute Gasteiger partial charge is 0.252 e. The molecule has 1 aliphatic heterocycles. The maximum Gasteiger partial charge on any atom is 0.252 e. The van der Waals surface area contributed by atoms with Crippen LogP contribution in [0.15, 0.2) is 58.0 Å². The summed E-state index contributed by atoms with van der Waals surface area (Å²) in [5, 5.41) is 30.3. The molecule has 1 aliphatic rings. The van der Waals surface area contributed by atoms with E-state index >= 15 is 0 Å². The molecule has 172 valence electrons. The number of aliphatic hydroxyl groups excluding tert-OH is 3. The molecule has 0 saturated heterocycles. The lowest BCUT2D eigenvalue weighted by Crippen LogP contribution is -2.53. The number of benzene rings is 2. The molecule has 1 amide bonds. The molecule has 4 N–H and O–H groups in total. The Morgan fingerprint density at radius 1 is 1.12 bits per heavy atom. The zero-order valence-corrected chi connectivity index (χ0v) is 19.1. The largest absolute Gasteiger partial charge is 0.494 e. The van der Waals surface area contributed by atoms with E-state index in [1.807, 2.05) is 24.3 Å². The van der Waals surface area contributed by atoms with Gasteiger partial charge in [-0.2, -0.15) is 0 Å². The summed E-state index contributed by atoms with van der Waals surface area (Å²) in [6.45, 7) is -0.251. The number of aliphatic hydroxyl groups is 3. The predicted octanol–water partition coefficient (Wildman–Crippen LogP) is 1.44. The quantitative estimate of drug-likeness (QED) is 0.342. The van der Waals surface area contributed by atoms with Crippen LogP contribution in [0.2, 0.25) is 0 Å². The van der Waals surface area contributed by atoms with Crippen LogP contribution >= 0.6 is 15.9 Å². The van der Waals surface area contributed by atoms with Crippen molar-refractivity contribution in [2.24, 2.45) is 4.99 Å². The third kappa shape index (κ3) is 6.07. The fraction of sp³-hybridized carbons (Fsp3) is 0.391. The molecule has 9 heteroatoms. The fourth-order valence-electron chi connectivity index (χ4n) is 3.24. The lowest BCUT2D eigenvalue weighted by atomic mass is 9.91. The van der Waals surface area contributed by atoms with E-state index < -0.39 is 17.5 Å². The summed E-state index contributed by atoms with van der Waals surface area (Å²) in [5.74, 6) is 0.574. The molecule has 0 saturated carbocycles. The Balaban J connectivity index is 1.84. The summed E-state index contributed by atoms with van der Waals surface area (Å²) in [4.78, 5) is 17.8. The minimum Gasteiger partial charge on any atom is -0.494 e. The number of nitrogens with one attached hydrogen (secondary N) is 1. The highest BCUT2D eigenvalue weighted by Gasteiger charge is 2.45. The van der Waals surface area contributed by atoms with Crippen molar-refractivity contribution in [1.29, 1.82) is 0 Å². The van der Waals surface area contributed by atoms with Crippen molar-refractivity contribution < 1.29 is 29.6 Å². The highest BCUT2D eigenvalue weighted by Crippen LogP contribution is 2.28. The predicted molar refractivity (Wildman–Crippen MR) is 123 cm³/mol. The molecule has 0 aromatic heterocycles. The Hall–Kier alpha value is -2.46. The number of ether oxygens (including phenoxy) is 2. The van der Waals surface area contributed by atoms with Crippen LogP contribution in [0, 0.1) is 0 Å². The number of halogens is 1. The molecular weight excluding hydrogens is 480 g/mol. The van der Waals surface area contributed by atoms with Crippen LogP contribution in [0.1, 0.15) is 17.5 Å². The van der Waals surface area contributed by atoms with Crippen LogP contribution in [-0.4, -0.2) is 71.7 Å². The van der Waals surface area contributed by atoms with Crippen molar-refractivity contribution in [3.63, 3.8) is 0 Å². The number of amides is 1. The molecule has 0 unspecified atom stereocenters. The van der Waals surface area contributed by atoms with Crippen molar-refractivity contribution in [1.82, 2.24) is 5.32 Å². The van der Waals surface area contributed by atoms with Gasteiger partial charge in [0.1, 0.15) is 12.4 Å². The number of carbonyl (C=O) groups is 1. The van der Waals surface area contributed by atoms with Crippen LogP contribution in [0.4, 0.5) is 0 Å². The second-order valence-electron chi connectivity index (χ2n) is 7.53. The first-order valence-electron chi connectivity index (χ1n) is 10.3. The van der Waals surface area contributed by atoms with Gasteiger partial charge in [0.25, 0.3) is 5.91 Å². The van der Waals surface area contributed by atoms with Gasteiger partial charge in [-0.05, 0) is 42.0 Å². The summed E-state index contributed by atoms with van der Waals surface area (Å²) >= 11 is 3.41. The van der Waals surface area contributed by atoms with E-state index in [-0.39, 0.29) is 26.4 Å². The highest BCUT2D eigenvalue weighted by molar-refractivity contribution is 9.10. The Morgan fingerprint density at radius 2 is 1.81 bits per heavy atom. The lowest BCUT2D eigenvalue weighted by molar-refractivity contribution is -0.128. The summed E-state index contributed by atoms with van der Waals surface area (Å²) < 4.78 is 12.3. The van der Waals surface area contributed by atoms with Crippen LogP contribution in [0.3, 0.4) is 0 Å². The second-order valence-corrected chi connectivity index (χ2v) is 8.44. The van der Waals surface area contributed by atoms with Crippen LogP contribution in [0.25, 0.3) is 0 Å². The highest BCUT2D eigenvalue weighted by atomic mass is 79.9. The maximum absolute atomic E-state index is 13.2. The van der Waals surface area contributed by atoms with E-state index in [9.17, 15) is 15.0 Å². The standard InChI is InChI=1S/C23H27BrN2O6/c24-18-6-2-16(3-7-18)12-23(22(30)25-19(13-28)14-29)15-32-21(26-23)17-4-8-20(9-5-17)31-11-1-10-27/h2-9,19,27-29H,1,10-15H2,(H,25,30)/t23-/m1/s1. The molecule has 1 heterocycles. The Morgan fingerprint density at radius 3 is 2.44 bits per heavy atom. The molecule has 0 fully saturated rings. The summed E-state index contributed by atoms with van der Waals surface area (Å²) in [7, 11) is 0. The molecule has 0 radical (unpaired) electrons. The zero-order chi connectivity index (χ0) is 23.0. The van der Waals surface area contributed by atoms with E-state index in [0.29, 0.717) is 36.7 Å². The van der Waals surface area contributed by atoms with E-state index in [0.717, 1.165) is 10.0 Å². The molecule has 0 spiro atoms. The summed E-state index contributed by atoms with van der Waals surface area (Å²) in [6, 6.07) is 14.0. The van der Waals surface area contributed by atoms with Gasteiger partial charge in [-0.3, -0.25) is 4.79 Å². The van der Waals surface area contributed by atoms with Crippen molar-refractivity contribution in [3.05, 3.63) is 64.1 Å². The first-order valence-corrected chi connectivity index (χ1v) is 11.1. The molecular formula is C23H27BrN2O6. The van der Waals surface area contributed by atoms with Crippen LogP contribution < -0.4 is 10.1 Å². The third-order valence-corrected chi connectivity index (χ3v) is 5.57.